The number of alkyl halides is 3. The molecule has 3 rings (SSSR count). The van der Waals surface area contributed by atoms with Gasteiger partial charge in [-0.3, -0.25) is 9.59 Å². The molecule has 1 aromatic heterocycles. The zero-order chi connectivity index (χ0) is 36.1. The van der Waals surface area contributed by atoms with Crippen LogP contribution in [0.5, 0.6) is 11.6 Å². The molecule has 0 radical (unpaired) electrons. The largest absolute Gasteiger partial charge is 0.438 e. The van der Waals surface area contributed by atoms with Gasteiger partial charge in [-0.15, -0.1) is 0 Å². The van der Waals surface area contributed by atoms with E-state index in [2.05, 4.69) is 17.2 Å². The fourth-order valence-corrected chi connectivity index (χ4v) is 6.04. The molecule has 0 aliphatic carbocycles. The molecule has 0 aliphatic heterocycles. The number of ether oxygens (including phenoxy) is 1. The van der Waals surface area contributed by atoms with Crippen molar-refractivity contribution in [1.29, 1.82) is 0 Å². The van der Waals surface area contributed by atoms with E-state index in [1.807, 2.05) is 26.8 Å². The smallest absolute Gasteiger partial charge is 0.421 e. The Labute approximate surface area is 289 Å². The number of aryl methyl sites for hydroxylation is 2. The highest BCUT2D eigenvalue weighted by Crippen LogP contribution is 2.41. The van der Waals surface area contributed by atoms with Crippen LogP contribution in [-0.4, -0.2) is 28.3 Å². The Morgan fingerprint density at radius 3 is 2.35 bits per heavy atom. The van der Waals surface area contributed by atoms with E-state index >= 15 is 0 Å². The first-order chi connectivity index (χ1) is 23.3. The van der Waals surface area contributed by atoms with Crippen molar-refractivity contribution in [2.75, 3.05) is 11.9 Å². The maximum Gasteiger partial charge on any atom is 0.421 e. The predicted molar refractivity (Wildman–Crippen MR) is 190 cm³/mol. The van der Waals surface area contributed by atoms with Gasteiger partial charge in [0.15, 0.2) is 11.6 Å². The van der Waals surface area contributed by atoms with Crippen LogP contribution in [0.3, 0.4) is 0 Å². The molecule has 0 amide bonds. The molecule has 1 atom stereocenters. The van der Waals surface area contributed by atoms with E-state index in [0.29, 0.717) is 35.6 Å². The normalized spacial score (nSPS) is 12.6. The number of nitrogens with one attached hydrogen (secondary N) is 1. The molecule has 1 heterocycles. The number of rotatable bonds is 19. The molecule has 6 nitrogen and oxygen atoms in total. The summed E-state index contributed by atoms with van der Waals surface area (Å²) in [5.74, 6) is -0.276. The van der Waals surface area contributed by atoms with Crippen molar-refractivity contribution < 1.29 is 32.6 Å². The molecular weight excluding hydrogens is 629 g/mol. The zero-order valence-electron chi connectivity index (χ0n) is 29.7. The Morgan fingerprint density at radius 2 is 1.71 bits per heavy atom. The molecule has 2 N–H and O–H groups in total. The molecule has 49 heavy (non-hydrogen) atoms. The second kappa shape index (κ2) is 18.7. The number of aliphatic hydroxyl groups is 1. The first-order valence-corrected chi connectivity index (χ1v) is 17.3. The molecule has 1 unspecified atom stereocenters. The van der Waals surface area contributed by atoms with Gasteiger partial charge in [-0.1, -0.05) is 69.2 Å². The lowest BCUT2D eigenvalue weighted by Gasteiger charge is -2.19. The minimum Gasteiger partial charge on any atom is -0.438 e. The van der Waals surface area contributed by atoms with Gasteiger partial charge in [0.25, 0.3) is 0 Å². The van der Waals surface area contributed by atoms with Crippen LogP contribution < -0.4 is 10.1 Å². The van der Waals surface area contributed by atoms with E-state index in [4.69, 9.17) is 9.84 Å². The van der Waals surface area contributed by atoms with Crippen LogP contribution in [0.15, 0.2) is 54.1 Å². The molecule has 0 fully saturated rings. The van der Waals surface area contributed by atoms with Crippen molar-refractivity contribution in [3.05, 3.63) is 87.5 Å². The topological polar surface area (TPSA) is 88.5 Å². The minimum atomic E-state index is -4.75. The average molecular weight is 681 g/mol. The molecule has 3 aromatic rings. The van der Waals surface area contributed by atoms with Gasteiger partial charge in [0.2, 0.25) is 5.88 Å². The summed E-state index contributed by atoms with van der Waals surface area (Å²) in [6.45, 7) is 10.9. The van der Waals surface area contributed by atoms with Crippen LogP contribution in [0.25, 0.3) is 0 Å². The molecule has 266 valence electrons. The number of allylic oxidation sites excluding steroid dienone is 2. The summed E-state index contributed by atoms with van der Waals surface area (Å²) >= 11 is 0. The van der Waals surface area contributed by atoms with Gasteiger partial charge in [0, 0.05) is 24.3 Å². The number of carbonyl (C=O) groups excluding carboxylic acids is 2. The van der Waals surface area contributed by atoms with E-state index in [-0.39, 0.29) is 40.9 Å². The van der Waals surface area contributed by atoms with Crippen molar-refractivity contribution in [1.82, 2.24) is 4.98 Å². The van der Waals surface area contributed by atoms with Crippen LogP contribution in [0, 0.1) is 19.8 Å². The van der Waals surface area contributed by atoms with E-state index in [1.165, 1.54) is 19.9 Å². The van der Waals surface area contributed by atoms with Crippen LogP contribution in [0.4, 0.5) is 24.7 Å². The van der Waals surface area contributed by atoms with Crippen LogP contribution >= 0.6 is 0 Å². The van der Waals surface area contributed by atoms with E-state index in [0.717, 1.165) is 68.6 Å². The number of Topliss-reactive ketones (excluding diaryl/α,β-unsaturated/α-hetero) is 2. The number of ketones is 2. The number of carbonyl (C=O) groups is 2. The lowest BCUT2D eigenvalue weighted by Crippen LogP contribution is -2.12. The third-order valence-electron chi connectivity index (χ3n) is 8.92. The number of aromatic nitrogens is 1. The fourth-order valence-electron chi connectivity index (χ4n) is 6.04. The standard InChI is InChI=1S/C40H51F3N2O4/c1-7-14-30(15-11-9-10-12-22-46)18-21-35(48)31-19-20-34(27(4)24-31)44-38-28(5)25-33(40(41,42)43)39(45-38)49-36-17-13-16-32(23-26(3)8-2)37(36)29(6)47/h8,13,16-17,19-20,24-25,30,46H,7,9-12,14-15,18,21-23H2,1-6H3,(H,44,45). The summed E-state index contributed by atoms with van der Waals surface area (Å²) in [4.78, 5) is 30.1. The highest BCUT2D eigenvalue weighted by atomic mass is 19.4. The number of nitrogens with zero attached hydrogens (tertiary/aromatic N) is 1. The van der Waals surface area contributed by atoms with Crippen LogP contribution in [0.1, 0.15) is 128 Å². The number of hydrogen-bond donors (Lipinski definition) is 2. The van der Waals surface area contributed by atoms with Gasteiger partial charge in [-0.2, -0.15) is 18.2 Å². The lowest BCUT2D eigenvalue weighted by molar-refractivity contribution is -0.138. The Kier molecular flexibility index (Phi) is 15.1. The van der Waals surface area contributed by atoms with Gasteiger partial charge >= 0.3 is 6.18 Å². The summed E-state index contributed by atoms with van der Waals surface area (Å²) in [5.41, 5.74) is 3.00. The predicted octanol–water partition coefficient (Wildman–Crippen LogP) is 11.3. The molecule has 9 heteroatoms. The molecular formula is C40H51F3N2O4. The summed E-state index contributed by atoms with van der Waals surface area (Å²) in [6.07, 6.45) is 6.16. The summed E-state index contributed by atoms with van der Waals surface area (Å²) in [7, 11) is 0. The molecule has 0 saturated heterocycles. The maximum absolute atomic E-state index is 14.2. The van der Waals surface area contributed by atoms with Gasteiger partial charge in [0.1, 0.15) is 17.1 Å². The number of aliphatic hydroxyl groups excluding tert-OH is 1. The zero-order valence-corrected chi connectivity index (χ0v) is 29.7. The Hall–Kier alpha value is -3.98. The summed E-state index contributed by atoms with van der Waals surface area (Å²) in [5, 5.41) is 12.1. The summed E-state index contributed by atoms with van der Waals surface area (Å²) in [6, 6.07) is 11.1. The van der Waals surface area contributed by atoms with Gasteiger partial charge in [-0.25, -0.2) is 0 Å². The van der Waals surface area contributed by atoms with Crippen molar-refractivity contribution in [2.45, 2.75) is 112 Å². The number of anilines is 2. The summed E-state index contributed by atoms with van der Waals surface area (Å²) < 4.78 is 48.5. The number of hydrogen-bond acceptors (Lipinski definition) is 6. The monoisotopic (exact) mass is 680 g/mol. The molecule has 0 saturated carbocycles. The van der Waals surface area contributed by atoms with Crippen LogP contribution in [-0.2, 0) is 12.6 Å². The number of unbranched alkanes of at least 4 members (excludes halogenated alkanes) is 3. The third-order valence-corrected chi connectivity index (χ3v) is 8.92. The highest BCUT2D eigenvalue weighted by molar-refractivity contribution is 5.98. The van der Waals surface area contributed by atoms with Gasteiger partial charge < -0.3 is 15.2 Å². The SMILES string of the molecule is CC=C(C)Cc1cccc(Oc2nc(Nc3ccc(C(=O)CCC(CCC)CCCCCCO)cc3C)c(C)cc2C(F)(F)F)c1C(C)=O. The first-order valence-electron chi connectivity index (χ1n) is 17.3. The third kappa shape index (κ3) is 11.6. The fraction of sp³-hybridized carbons (Fsp3) is 0.475. The molecule has 0 aliphatic rings. The highest BCUT2D eigenvalue weighted by Gasteiger charge is 2.37. The first kappa shape index (κ1) is 39.5. The molecule has 0 spiro atoms. The van der Waals surface area contributed by atoms with E-state index in [1.54, 1.807) is 30.3 Å². The number of halogens is 3. The second-order valence-corrected chi connectivity index (χ2v) is 13.0. The Balaban J connectivity index is 1.84. The number of pyridine rings is 1. The quantitative estimate of drug-likeness (QED) is 0.0744. The van der Waals surface area contributed by atoms with Crippen molar-refractivity contribution in [3.8, 4) is 11.6 Å². The molecule has 2 aromatic carbocycles. The molecule has 0 bridgehead atoms. The van der Waals surface area contributed by atoms with Crippen LogP contribution in [0.2, 0.25) is 0 Å². The Morgan fingerprint density at radius 1 is 0.980 bits per heavy atom. The lowest BCUT2D eigenvalue weighted by atomic mass is 9.90. The van der Waals surface area contributed by atoms with Gasteiger partial charge in [0.05, 0.1) is 5.56 Å². The van der Waals surface area contributed by atoms with Gasteiger partial charge in [-0.05, 0) is 107 Å². The number of benzene rings is 2. The maximum atomic E-state index is 14.2. The van der Waals surface area contributed by atoms with E-state index < -0.39 is 17.6 Å². The average Bonchev–Trinajstić information content (AvgIpc) is 3.04. The minimum absolute atomic E-state index is 0.00336. The Bertz CT molecular complexity index is 1610. The van der Waals surface area contributed by atoms with Crippen molar-refractivity contribution in [2.24, 2.45) is 5.92 Å². The van der Waals surface area contributed by atoms with E-state index in [9.17, 15) is 22.8 Å². The second-order valence-electron chi connectivity index (χ2n) is 13.0. The van der Waals surface area contributed by atoms with Crippen molar-refractivity contribution >= 4 is 23.1 Å². The van der Waals surface area contributed by atoms with Crippen molar-refractivity contribution in [3.63, 3.8) is 0 Å².